The van der Waals surface area contributed by atoms with E-state index in [1.807, 2.05) is 0 Å². The summed E-state index contributed by atoms with van der Waals surface area (Å²) in [7, 11) is 1.61. The standard InChI is InChI=1S/C12H23NO3/c1-11(2)10(12(11,3)4)13-9(14)8-16-7-6-15-5/h10H,6-8H2,1-5H3,(H,13,14). The average Bonchev–Trinajstić information content (AvgIpc) is 2.56. The Morgan fingerprint density at radius 2 is 1.75 bits per heavy atom. The van der Waals surface area contributed by atoms with E-state index >= 15 is 0 Å². The summed E-state index contributed by atoms with van der Waals surface area (Å²) in [5, 5.41) is 3.01. The maximum absolute atomic E-state index is 11.6. The third kappa shape index (κ3) is 2.55. The van der Waals surface area contributed by atoms with E-state index in [4.69, 9.17) is 9.47 Å². The van der Waals surface area contributed by atoms with E-state index in [0.29, 0.717) is 13.2 Å². The molecular formula is C12H23NO3. The molecule has 1 fully saturated rings. The van der Waals surface area contributed by atoms with Gasteiger partial charge in [-0.2, -0.15) is 0 Å². The lowest BCUT2D eigenvalue weighted by atomic mass is 10.0. The monoisotopic (exact) mass is 229 g/mol. The molecular weight excluding hydrogens is 206 g/mol. The predicted octanol–water partition coefficient (Wildman–Crippen LogP) is 1.20. The minimum absolute atomic E-state index is 0.0419. The highest BCUT2D eigenvalue weighted by atomic mass is 16.5. The molecule has 0 radical (unpaired) electrons. The molecule has 0 aliphatic heterocycles. The van der Waals surface area contributed by atoms with Crippen LogP contribution in [0.4, 0.5) is 0 Å². The highest BCUT2D eigenvalue weighted by Gasteiger charge is 2.65. The smallest absolute Gasteiger partial charge is 0.246 e. The number of amides is 1. The van der Waals surface area contributed by atoms with Crippen molar-refractivity contribution < 1.29 is 14.3 Å². The molecule has 1 rings (SSSR count). The molecule has 1 aliphatic rings. The van der Waals surface area contributed by atoms with Crippen molar-refractivity contribution in [3.63, 3.8) is 0 Å². The molecule has 94 valence electrons. The van der Waals surface area contributed by atoms with Gasteiger partial charge < -0.3 is 14.8 Å². The third-order valence-electron chi connectivity index (χ3n) is 3.99. The van der Waals surface area contributed by atoms with Gasteiger partial charge in [-0.3, -0.25) is 4.79 Å². The largest absolute Gasteiger partial charge is 0.382 e. The van der Waals surface area contributed by atoms with E-state index in [9.17, 15) is 4.79 Å². The van der Waals surface area contributed by atoms with E-state index in [2.05, 4.69) is 33.0 Å². The first kappa shape index (κ1) is 13.5. The molecule has 1 saturated carbocycles. The molecule has 1 N–H and O–H groups in total. The highest BCUT2D eigenvalue weighted by Crippen LogP contribution is 2.62. The Labute approximate surface area is 97.7 Å². The molecule has 4 heteroatoms. The van der Waals surface area contributed by atoms with Gasteiger partial charge in [0.25, 0.3) is 0 Å². The summed E-state index contributed by atoms with van der Waals surface area (Å²) >= 11 is 0. The zero-order chi connectivity index (χ0) is 12.4. The summed E-state index contributed by atoms with van der Waals surface area (Å²) in [6.07, 6.45) is 0. The van der Waals surface area contributed by atoms with Crippen LogP contribution in [0, 0.1) is 10.8 Å². The van der Waals surface area contributed by atoms with Gasteiger partial charge in [0.1, 0.15) is 6.61 Å². The number of methoxy groups -OCH3 is 1. The predicted molar refractivity (Wildman–Crippen MR) is 62.2 cm³/mol. The highest BCUT2D eigenvalue weighted by molar-refractivity contribution is 5.78. The summed E-state index contributed by atoms with van der Waals surface area (Å²) in [4.78, 5) is 11.6. The van der Waals surface area contributed by atoms with Crippen molar-refractivity contribution >= 4 is 5.91 Å². The van der Waals surface area contributed by atoms with Crippen molar-refractivity contribution in [1.29, 1.82) is 0 Å². The molecule has 0 saturated heterocycles. The molecule has 0 atom stereocenters. The first-order valence-corrected chi connectivity index (χ1v) is 5.70. The molecule has 1 amide bonds. The van der Waals surface area contributed by atoms with E-state index in [-0.39, 0.29) is 29.4 Å². The Morgan fingerprint density at radius 1 is 1.19 bits per heavy atom. The zero-order valence-corrected chi connectivity index (χ0v) is 10.9. The van der Waals surface area contributed by atoms with Gasteiger partial charge in [-0.25, -0.2) is 0 Å². The van der Waals surface area contributed by atoms with Crippen molar-refractivity contribution in [2.45, 2.75) is 33.7 Å². The molecule has 0 bridgehead atoms. The second kappa shape index (κ2) is 4.72. The maximum atomic E-state index is 11.6. The Morgan fingerprint density at radius 3 is 2.19 bits per heavy atom. The number of ether oxygens (including phenoxy) is 2. The van der Waals surface area contributed by atoms with Crippen LogP contribution in [-0.4, -0.2) is 38.9 Å². The molecule has 0 aromatic heterocycles. The van der Waals surface area contributed by atoms with E-state index in [0.717, 1.165) is 0 Å². The SMILES string of the molecule is COCCOCC(=O)NC1C(C)(C)C1(C)C. The van der Waals surface area contributed by atoms with E-state index < -0.39 is 0 Å². The van der Waals surface area contributed by atoms with Crippen molar-refractivity contribution in [2.24, 2.45) is 10.8 Å². The van der Waals surface area contributed by atoms with E-state index in [1.54, 1.807) is 7.11 Å². The normalized spacial score (nSPS) is 21.8. The molecule has 0 spiro atoms. The van der Waals surface area contributed by atoms with Crippen molar-refractivity contribution in [2.75, 3.05) is 26.9 Å². The minimum Gasteiger partial charge on any atom is -0.382 e. The van der Waals surface area contributed by atoms with E-state index in [1.165, 1.54) is 0 Å². The fourth-order valence-electron chi connectivity index (χ4n) is 2.07. The van der Waals surface area contributed by atoms with Crippen molar-refractivity contribution in [3.8, 4) is 0 Å². The van der Waals surface area contributed by atoms with Crippen LogP contribution in [0.2, 0.25) is 0 Å². The van der Waals surface area contributed by atoms with Crippen LogP contribution in [0.1, 0.15) is 27.7 Å². The van der Waals surface area contributed by atoms with Crippen molar-refractivity contribution in [3.05, 3.63) is 0 Å². The van der Waals surface area contributed by atoms with Gasteiger partial charge in [0.2, 0.25) is 5.91 Å². The quantitative estimate of drug-likeness (QED) is 0.696. The lowest BCUT2D eigenvalue weighted by Crippen LogP contribution is -2.33. The van der Waals surface area contributed by atoms with Crippen LogP contribution < -0.4 is 5.32 Å². The Hall–Kier alpha value is -0.610. The number of rotatable bonds is 6. The average molecular weight is 229 g/mol. The van der Waals surface area contributed by atoms with Crippen LogP contribution in [0.5, 0.6) is 0 Å². The maximum Gasteiger partial charge on any atom is 0.246 e. The molecule has 1 aliphatic carbocycles. The summed E-state index contributed by atoms with van der Waals surface area (Å²) in [6.45, 7) is 9.78. The Bertz CT molecular complexity index is 247. The summed E-state index contributed by atoms with van der Waals surface area (Å²) in [5.41, 5.74) is 0.352. The number of carbonyl (C=O) groups excluding carboxylic acids is 1. The summed E-state index contributed by atoms with van der Waals surface area (Å²) in [5.74, 6) is -0.0419. The lowest BCUT2D eigenvalue weighted by Gasteiger charge is -2.07. The van der Waals surface area contributed by atoms with Crippen LogP contribution >= 0.6 is 0 Å². The molecule has 16 heavy (non-hydrogen) atoms. The van der Waals surface area contributed by atoms with Gasteiger partial charge >= 0.3 is 0 Å². The van der Waals surface area contributed by atoms with Gasteiger partial charge in [0.05, 0.1) is 13.2 Å². The molecule has 0 unspecified atom stereocenters. The van der Waals surface area contributed by atoms with Gasteiger partial charge in [-0.15, -0.1) is 0 Å². The first-order chi connectivity index (χ1) is 7.34. The summed E-state index contributed by atoms with van der Waals surface area (Å²) in [6, 6.07) is 0.249. The molecule has 0 aromatic rings. The van der Waals surface area contributed by atoms with Gasteiger partial charge in [0, 0.05) is 13.2 Å². The fraction of sp³-hybridized carbons (Fsp3) is 0.917. The second-order valence-corrected chi connectivity index (χ2v) is 5.49. The summed E-state index contributed by atoms with van der Waals surface area (Å²) < 4.78 is 9.99. The number of carbonyl (C=O) groups is 1. The Kier molecular flexibility index (Phi) is 3.97. The first-order valence-electron chi connectivity index (χ1n) is 5.70. The zero-order valence-electron chi connectivity index (χ0n) is 10.9. The molecule has 0 heterocycles. The molecule has 4 nitrogen and oxygen atoms in total. The Balaban J connectivity index is 2.22. The third-order valence-corrected chi connectivity index (χ3v) is 3.99. The lowest BCUT2D eigenvalue weighted by molar-refractivity contribution is -0.126. The number of hydrogen-bond donors (Lipinski definition) is 1. The topological polar surface area (TPSA) is 47.6 Å². The fourth-order valence-corrected chi connectivity index (χ4v) is 2.07. The van der Waals surface area contributed by atoms with Crippen LogP contribution in [0.25, 0.3) is 0 Å². The van der Waals surface area contributed by atoms with Gasteiger partial charge in [-0.05, 0) is 10.8 Å². The van der Waals surface area contributed by atoms with Crippen LogP contribution in [0.3, 0.4) is 0 Å². The number of hydrogen-bond acceptors (Lipinski definition) is 3. The second-order valence-electron chi connectivity index (χ2n) is 5.49. The minimum atomic E-state index is -0.0419. The van der Waals surface area contributed by atoms with Crippen LogP contribution in [0.15, 0.2) is 0 Å². The number of nitrogens with one attached hydrogen (secondary N) is 1. The van der Waals surface area contributed by atoms with Crippen molar-refractivity contribution in [1.82, 2.24) is 5.32 Å². The van der Waals surface area contributed by atoms with Crippen LogP contribution in [-0.2, 0) is 14.3 Å². The van der Waals surface area contributed by atoms with Gasteiger partial charge in [0.15, 0.2) is 0 Å². The van der Waals surface area contributed by atoms with Gasteiger partial charge in [-0.1, -0.05) is 27.7 Å². The molecule has 0 aromatic carbocycles.